The van der Waals surface area contributed by atoms with Crippen molar-refractivity contribution in [3.8, 4) is 0 Å². The highest BCUT2D eigenvalue weighted by molar-refractivity contribution is 5.35. The van der Waals surface area contributed by atoms with Crippen LogP contribution in [0.3, 0.4) is 0 Å². The molecule has 1 aromatic carbocycles. The summed E-state index contributed by atoms with van der Waals surface area (Å²) in [6, 6.07) is 6.61. The van der Waals surface area contributed by atoms with Crippen LogP contribution in [-0.4, -0.2) is 29.0 Å². The monoisotopic (exact) mass is 235 g/mol. The maximum Gasteiger partial charge on any atom is 0.0972 e. The van der Waals surface area contributed by atoms with E-state index in [2.05, 4.69) is 23.5 Å². The normalized spacial score (nSPS) is 17.8. The van der Waals surface area contributed by atoms with Crippen LogP contribution in [0.5, 0.6) is 0 Å². The fraction of sp³-hybridized carbons (Fsp3) is 0.571. The summed E-state index contributed by atoms with van der Waals surface area (Å²) in [7, 11) is 0. The third-order valence-corrected chi connectivity index (χ3v) is 3.34. The summed E-state index contributed by atoms with van der Waals surface area (Å²) in [5.74, 6) is 0. The molecule has 1 unspecified atom stereocenters. The molecule has 3 heteroatoms. The first-order valence-electron chi connectivity index (χ1n) is 6.25. The molecule has 1 aromatic rings. The molecule has 1 atom stereocenters. The van der Waals surface area contributed by atoms with Gasteiger partial charge < -0.3 is 15.5 Å². The fourth-order valence-electron chi connectivity index (χ4n) is 2.27. The van der Waals surface area contributed by atoms with E-state index in [1.165, 1.54) is 36.0 Å². The Hall–Kier alpha value is -0.900. The maximum absolute atomic E-state index is 9.64. The molecule has 1 aliphatic rings. The Labute approximate surface area is 102 Å². The summed E-state index contributed by atoms with van der Waals surface area (Å²) in [4.78, 5) is 0. The van der Waals surface area contributed by atoms with Crippen molar-refractivity contribution in [3.63, 3.8) is 0 Å². The molecule has 17 heavy (non-hydrogen) atoms. The highest BCUT2D eigenvalue weighted by Gasteiger charge is 2.18. The molecule has 0 fully saturated rings. The van der Waals surface area contributed by atoms with E-state index in [9.17, 15) is 5.11 Å². The molecule has 0 saturated heterocycles. The maximum atomic E-state index is 9.64. The molecule has 0 bridgehead atoms. The smallest absolute Gasteiger partial charge is 0.0972 e. The highest BCUT2D eigenvalue weighted by Crippen LogP contribution is 2.22. The minimum absolute atomic E-state index is 0.218. The van der Waals surface area contributed by atoms with Crippen molar-refractivity contribution in [2.75, 3.05) is 13.2 Å². The van der Waals surface area contributed by atoms with E-state index < -0.39 is 5.60 Å². The Morgan fingerprint density at radius 3 is 2.82 bits per heavy atom. The molecule has 3 nitrogen and oxygen atoms in total. The van der Waals surface area contributed by atoms with Crippen LogP contribution in [0.25, 0.3) is 0 Å². The zero-order chi connectivity index (χ0) is 12.3. The Morgan fingerprint density at radius 2 is 2.06 bits per heavy atom. The second-order valence-corrected chi connectivity index (χ2v) is 5.22. The Kier molecular flexibility index (Phi) is 3.82. The largest absolute Gasteiger partial charge is 0.393 e. The van der Waals surface area contributed by atoms with Crippen molar-refractivity contribution < 1.29 is 10.2 Å². The van der Waals surface area contributed by atoms with Crippen molar-refractivity contribution >= 4 is 0 Å². The summed E-state index contributed by atoms with van der Waals surface area (Å²) < 4.78 is 0. The Balaban J connectivity index is 1.88. The van der Waals surface area contributed by atoms with Gasteiger partial charge in [-0.15, -0.1) is 0 Å². The van der Waals surface area contributed by atoms with Gasteiger partial charge in [0.15, 0.2) is 0 Å². The van der Waals surface area contributed by atoms with E-state index in [1.807, 2.05) is 0 Å². The Bertz CT molecular complexity index is 388. The third kappa shape index (κ3) is 3.28. The predicted octanol–water partition coefficient (Wildman–Crippen LogP) is 1.01. The van der Waals surface area contributed by atoms with Crippen LogP contribution in [-0.2, 0) is 19.4 Å². The van der Waals surface area contributed by atoms with Gasteiger partial charge in [0.05, 0.1) is 12.2 Å². The number of fused-ring (bicyclic) bond motifs is 1. The second kappa shape index (κ2) is 5.17. The molecule has 0 aromatic heterocycles. The van der Waals surface area contributed by atoms with Gasteiger partial charge in [-0.05, 0) is 42.9 Å². The number of aliphatic hydroxyl groups is 2. The van der Waals surface area contributed by atoms with Gasteiger partial charge in [0.25, 0.3) is 0 Å². The summed E-state index contributed by atoms with van der Waals surface area (Å²) in [6.45, 7) is 2.55. The minimum Gasteiger partial charge on any atom is -0.393 e. The lowest BCUT2D eigenvalue weighted by molar-refractivity contribution is 0.00254. The molecule has 0 spiro atoms. The molecule has 3 N–H and O–H groups in total. The van der Waals surface area contributed by atoms with E-state index >= 15 is 0 Å². The standard InChI is InChI=1S/C14H21NO2/c1-14(17,10-16)9-15-8-11-5-6-12-3-2-4-13(12)7-11/h5-7,15-17H,2-4,8-10H2,1H3. The van der Waals surface area contributed by atoms with Gasteiger partial charge in [0.2, 0.25) is 0 Å². The zero-order valence-corrected chi connectivity index (χ0v) is 10.4. The van der Waals surface area contributed by atoms with Gasteiger partial charge in [-0.25, -0.2) is 0 Å². The molecular formula is C14H21NO2. The summed E-state index contributed by atoms with van der Waals surface area (Å²) in [5, 5.41) is 21.7. The van der Waals surface area contributed by atoms with Crippen LogP contribution in [0.15, 0.2) is 18.2 Å². The quantitative estimate of drug-likeness (QED) is 0.714. The lowest BCUT2D eigenvalue weighted by atomic mass is 10.1. The number of hydrogen-bond donors (Lipinski definition) is 3. The van der Waals surface area contributed by atoms with Gasteiger partial charge in [0.1, 0.15) is 0 Å². The van der Waals surface area contributed by atoms with E-state index in [0.29, 0.717) is 6.54 Å². The molecule has 2 rings (SSSR count). The third-order valence-electron chi connectivity index (χ3n) is 3.34. The second-order valence-electron chi connectivity index (χ2n) is 5.22. The summed E-state index contributed by atoms with van der Waals surface area (Å²) >= 11 is 0. The molecule has 0 amide bonds. The van der Waals surface area contributed by atoms with Crippen LogP contribution in [0, 0.1) is 0 Å². The van der Waals surface area contributed by atoms with Crippen molar-refractivity contribution in [2.24, 2.45) is 0 Å². The average molecular weight is 235 g/mol. The van der Waals surface area contributed by atoms with Crippen LogP contribution in [0.4, 0.5) is 0 Å². The number of nitrogens with one attached hydrogen (secondary N) is 1. The lowest BCUT2D eigenvalue weighted by Crippen LogP contribution is -2.40. The van der Waals surface area contributed by atoms with E-state index in [1.54, 1.807) is 6.92 Å². The van der Waals surface area contributed by atoms with E-state index in [0.717, 1.165) is 6.54 Å². The van der Waals surface area contributed by atoms with E-state index in [-0.39, 0.29) is 6.61 Å². The van der Waals surface area contributed by atoms with Crippen LogP contribution in [0.1, 0.15) is 30.0 Å². The molecule has 94 valence electrons. The predicted molar refractivity (Wildman–Crippen MR) is 67.9 cm³/mol. The first kappa shape index (κ1) is 12.6. The van der Waals surface area contributed by atoms with Gasteiger partial charge in [-0.1, -0.05) is 18.2 Å². The minimum atomic E-state index is -1.03. The average Bonchev–Trinajstić information content (AvgIpc) is 2.76. The molecule has 0 heterocycles. The molecule has 0 aliphatic heterocycles. The highest BCUT2D eigenvalue weighted by atomic mass is 16.3. The molecule has 0 radical (unpaired) electrons. The molecular weight excluding hydrogens is 214 g/mol. The first-order chi connectivity index (χ1) is 8.11. The van der Waals surface area contributed by atoms with Crippen LogP contribution < -0.4 is 5.32 Å². The number of benzene rings is 1. The zero-order valence-electron chi connectivity index (χ0n) is 10.4. The number of aliphatic hydroxyl groups excluding tert-OH is 1. The van der Waals surface area contributed by atoms with Crippen molar-refractivity contribution in [1.29, 1.82) is 0 Å². The SMILES string of the molecule is CC(O)(CO)CNCc1ccc2c(c1)CCC2. The number of hydrogen-bond acceptors (Lipinski definition) is 3. The summed E-state index contributed by atoms with van der Waals surface area (Å²) in [5.41, 5.74) is 3.17. The van der Waals surface area contributed by atoms with Crippen molar-refractivity contribution in [1.82, 2.24) is 5.32 Å². The number of rotatable bonds is 5. The van der Waals surface area contributed by atoms with Crippen molar-refractivity contribution in [2.45, 2.75) is 38.3 Å². The lowest BCUT2D eigenvalue weighted by Gasteiger charge is -2.20. The van der Waals surface area contributed by atoms with E-state index in [4.69, 9.17) is 5.11 Å². The topological polar surface area (TPSA) is 52.5 Å². The fourth-order valence-corrected chi connectivity index (χ4v) is 2.27. The number of aryl methyl sites for hydroxylation is 2. The van der Waals surface area contributed by atoms with Gasteiger partial charge in [-0.2, -0.15) is 0 Å². The van der Waals surface area contributed by atoms with Gasteiger partial charge in [-0.3, -0.25) is 0 Å². The van der Waals surface area contributed by atoms with Crippen molar-refractivity contribution in [3.05, 3.63) is 34.9 Å². The summed E-state index contributed by atoms with van der Waals surface area (Å²) in [6.07, 6.45) is 3.67. The molecule has 0 saturated carbocycles. The van der Waals surface area contributed by atoms with Crippen LogP contribution in [0.2, 0.25) is 0 Å². The van der Waals surface area contributed by atoms with Gasteiger partial charge in [0, 0.05) is 13.1 Å². The first-order valence-corrected chi connectivity index (χ1v) is 6.25. The molecule has 1 aliphatic carbocycles. The van der Waals surface area contributed by atoms with Crippen LogP contribution >= 0.6 is 0 Å². The Morgan fingerprint density at radius 1 is 1.29 bits per heavy atom. The van der Waals surface area contributed by atoms with Gasteiger partial charge >= 0.3 is 0 Å².